The summed E-state index contributed by atoms with van der Waals surface area (Å²) in [4.78, 5) is 11.6. The molecule has 3 heteroatoms. The number of carbonyl (C=O) groups is 1. The van der Waals surface area contributed by atoms with Gasteiger partial charge in [-0.25, -0.2) is 4.79 Å². The zero-order valence-electron chi connectivity index (χ0n) is 10.3. The number of methoxy groups -OCH3 is 1. The summed E-state index contributed by atoms with van der Waals surface area (Å²) in [5, 5.41) is 0. The van der Waals surface area contributed by atoms with Gasteiger partial charge >= 0.3 is 5.97 Å². The minimum absolute atomic E-state index is 0.375. The molecule has 0 saturated carbocycles. The third-order valence-corrected chi connectivity index (χ3v) is 2.55. The minimum Gasteiger partial charge on any atom is -0.467 e. The van der Waals surface area contributed by atoms with E-state index in [1.54, 1.807) is 13.0 Å². The summed E-state index contributed by atoms with van der Waals surface area (Å²) in [5.41, 5.74) is 0.0542. The molecule has 0 bridgehead atoms. The second kappa shape index (κ2) is 6.21. The molecule has 0 spiro atoms. The van der Waals surface area contributed by atoms with Gasteiger partial charge in [0.2, 0.25) is 0 Å². The van der Waals surface area contributed by atoms with Crippen molar-refractivity contribution in [3.05, 3.63) is 48.6 Å². The van der Waals surface area contributed by atoms with Crippen molar-refractivity contribution < 1.29 is 14.3 Å². The third kappa shape index (κ3) is 3.71. The van der Waals surface area contributed by atoms with Crippen LogP contribution in [-0.4, -0.2) is 18.7 Å². The topological polar surface area (TPSA) is 35.5 Å². The van der Waals surface area contributed by atoms with Crippen molar-refractivity contribution in [2.75, 3.05) is 7.11 Å². The summed E-state index contributed by atoms with van der Waals surface area (Å²) < 4.78 is 10.4. The number of benzene rings is 1. The number of ether oxygens (including phenoxy) is 2. The summed E-state index contributed by atoms with van der Waals surface area (Å²) >= 11 is 0. The highest BCUT2D eigenvalue weighted by molar-refractivity contribution is 5.79. The Morgan fingerprint density at radius 2 is 2.06 bits per heavy atom. The molecule has 3 nitrogen and oxygen atoms in total. The summed E-state index contributed by atoms with van der Waals surface area (Å²) in [6, 6.07) is 9.70. The highest BCUT2D eigenvalue weighted by atomic mass is 16.6. The van der Waals surface area contributed by atoms with E-state index in [1.807, 2.05) is 30.3 Å². The number of hydrogen-bond acceptors (Lipinski definition) is 3. The Morgan fingerprint density at radius 3 is 2.59 bits per heavy atom. The Bertz CT molecular complexity index is 372. The Labute approximate surface area is 102 Å². The van der Waals surface area contributed by atoms with Crippen LogP contribution >= 0.6 is 0 Å². The molecule has 0 aliphatic carbocycles. The molecule has 92 valence electrons. The van der Waals surface area contributed by atoms with Crippen LogP contribution in [0.5, 0.6) is 0 Å². The lowest BCUT2D eigenvalue weighted by Gasteiger charge is -2.25. The average Bonchev–Trinajstić information content (AvgIpc) is 2.37. The van der Waals surface area contributed by atoms with Gasteiger partial charge in [-0.1, -0.05) is 36.4 Å². The van der Waals surface area contributed by atoms with Crippen LogP contribution in [0.3, 0.4) is 0 Å². The molecule has 1 aromatic carbocycles. The summed E-state index contributed by atoms with van der Waals surface area (Å²) in [7, 11) is 1.36. The predicted molar refractivity (Wildman–Crippen MR) is 66.5 cm³/mol. The molecule has 1 rings (SSSR count). The molecule has 0 aliphatic rings. The summed E-state index contributed by atoms with van der Waals surface area (Å²) in [6.45, 7) is 5.72. The Hall–Kier alpha value is -1.61. The van der Waals surface area contributed by atoms with Gasteiger partial charge in [0, 0.05) is 6.42 Å². The molecular weight excluding hydrogens is 216 g/mol. The first-order chi connectivity index (χ1) is 8.12. The predicted octanol–water partition coefficient (Wildman–Crippen LogP) is 2.71. The van der Waals surface area contributed by atoms with E-state index in [-0.39, 0.29) is 5.97 Å². The first-order valence-corrected chi connectivity index (χ1v) is 5.49. The van der Waals surface area contributed by atoms with Gasteiger partial charge < -0.3 is 9.47 Å². The first kappa shape index (κ1) is 13.5. The second-order valence-corrected chi connectivity index (χ2v) is 3.99. The van der Waals surface area contributed by atoms with Crippen LogP contribution in [0.2, 0.25) is 0 Å². The lowest BCUT2D eigenvalue weighted by Crippen LogP contribution is -2.38. The molecule has 0 heterocycles. The standard InChI is InChI=1S/C14H18O3/c1-4-10-14(2,13(15)16-3)17-11-12-8-6-5-7-9-12/h4-9H,1,10-11H2,2-3H3. The number of carbonyl (C=O) groups excluding carboxylic acids is 1. The van der Waals surface area contributed by atoms with E-state index in [9.17, 15) is 4.79 Å². The van der Waals surface area contributed by atoms with Crippen molar-refractivity contribution in [2.24, 2.45) is 0 Å². The van der Waals surface area contributed by atoms with Crippen molar-refractivity contribution in [1.82, 2.24) is 0 Å². The number of hydrogen-bond donors (Lipinski definition) is 0. The molecule has 0 saturated heterocycles. The van der Waals surface area contributed by atoms with E-state index in [0.29, 0.717) is 13.0 Å². The molecule has 17 heavy (non-hydrogen) atoms. The van der Waals surface area contributed by atoms with E-state index < -0.39 is 5.60 Å². The van der Waals surface area contributed by atoms with Crippen LogP contribution in [-0.2, 0) is 20.9 Å². The Kier molecular flexibility index (Phi) is 4.91. The number of esters is 1. The average molecular weight is 234 g/mol. The monoisotopic (exact) mass is 234 g/mol. The molecule has 1 unspecified atom stereocenters. The van der Waals surface area contributed by atoms with Crippen molar-refractivity contribution in [1.29, 1.82) is 0 Å². The van der Waals surface area contributed by atoms with Crippen molar-refractivity contribution in [3.8, 4) is 0 Å². The molecule has 0 aromatic heterocycles. The van der Waals surface area contributed by atoms with Crippen molar-refractivity contribution in [3.63, 3.8) is 0 Å². The van der Waals surface area contributed by atoms with Crippen LogP contribution in [0.25, 0.3) is 0 Å². The molecule has 0 fully saturated rings. The lowest BCUT2D eigenvalue weighted by molar-refractivity contribution is -0.168. The zero-order valence-corrected chi connectivity index (χ0v) is 10.3. The first-order valence-electron chi connectivity index (χ1n) is 5.49. The summed E-state index contributed by atoms with van der Waals surface area (Å²) in [5.74, 6) is -0.381. The van der Waals surface area contributed by atoms with E-state index in [0.717, 1.165) is 5.56 Å². The van der Waals surface area contributed by atoms with E-state index in [2.05, 4.69) is 6.58 Å². The van der Waals surface area contributed by atoms with Gasteiger partial charge in [0.1, 0.15) is 0 Å². The third-order valence-electron chi connectivity index (χ3n) is 2.55. The van der Waals surface area contributed by atoms with Gasteiger partial charge in [-0.15, -0.1) is 6.58 Å². The van der Waals surface area contributed by atoms with Gasteiger partial charge in [-0.05, 0) is 12.5 Å². The van der Waals surface area contributed by atoms with Crippen LogP contribution in [0, 0.1) is 0 Å². The SMILES string of the molecule is C=CCC(C)(OCc1ccccc1)C(=O)OC. The second-order valence-electron chi connectivity index (χ2n) is 3.99. The van der Waals surface area contributed by atoms with Gasteiger partial charge in [-0.2, -0.15) is 0 Å². The Balaban J connectivity index is 2.68. The largest absolute Gasteiger partial charge is 0.467 e. The van der Waals surface area contributed by atoms with Crippen molar-refractivity contribution >= 4 is 5.97 Å². The molecule has 0 amide bonds. The summed E-state index contributed by atoms with van der Waals surface area (Å²) in [6.07, 6.45) is 2.08. The van der Waals surface area contributed by atoms with Crippen LogP contribution in [0.15, 0.2) is 43.0 Å². The Morgan fingerprint density at radius 1 is 1.41 bits per heavy atom. The molecule has 1 atom stereocenters. The highest BCUT2D eigenvalue weighted by Crippen LogP contribution is 2.20. The maximum Gasteiger partial charge on any atom is 0.338 e. The minimum atomic E-state index is -0.966. The number of rotatable bonds is 6. The smallest absolute Gasteiger partial charge is 0.338 e. The van der Waals surface area contributed by atoms with Crippen molar-refractivity contribution in [2.45, 2.75) is 25.6 Å². The van der Waals surface area contributed by atoms with Gasteiger partial charge in [-0.3, -0.25) is 0 Å². The fourth-order valence-electron chi connectivity index (χ4n) is 1.51. The van der Waals surface area contributed by atoms with Crippen LogP contribution in [0.1, 0.15) is 18.9 Å². The van der Waals surface area contributed by atoms with Gasteiger partial charge in [0.15, 0.2) is 5.60 Å². The molecule has 0 N–H and O–H groups in total. The van der Waals surface area contributed by atoms with E-state index >= 15 is 0 Å². The molecule has 0 radical (unpaired) electrons. The van der Waals surface area contributed by atoms with E-state index in [1.165, 1.54) is 7.11 Å². The fourth-order valence-corrected chi connectivity index (χ4v) is 1.51. The van der Waals surface area contributed by atoms with Gasteiger partial charge in [0.25, 0.3) is 0 Å². The van der Waals surface area contributed by atoms with Gasteiger partial charge in [0.05, 0.1) is 13.7 Å². The van der Waals surface area contributed by atoms with Crippen LogP contribution in [0.4, 0.5) is 0 Å². The molecular formula is C14H18O3. The normalized spacial score (nSPS) is 13.8. The lowest BCUT2D eigenvalue weighted by atomic mass is 10.0. The maximum absolute atomic E-state index is 11.6. The van der Waals surface area contributed by atoms with E-state index in [4.69, 9.17) is 9.47 Å². The van der Waals surface area contributed by atoms with Crippen LogP contribution < -0.4 is 0 Å². The fraction of sp³-hybridized carbons (Fsp3) is 0.357. The zero-order chi connectivity index (χ0) is 12.7. The maximum atomic E-state index is 11.6. The highest BCUT2D eigenvalue weighted by Gasteiger charge is 2.34. The molecule has 0 aliphatic heterocycles. The molecule has 1 aromatic rings. The quantitative estimate of drug-likeness (QED) is 0.561.